The van der Waals surface area contributed by atoms with Gasteiger partial charge in [-0.3, -0.25) is 42.5 Å². The lowest BCUT2D eigenvalue weighted by molar-refractivity contribution is 0.0517. The van der Waals surface area contributed by atoms with Crippen LogP contribution >= 0.6 is 49.9 Å². The van der Waals surface area contributed by atoms with Crippen molar-refractivity contribution < 1.29 is 19.1 Å². The van der Waals surface area contributed by atoms with Crippen molar-refractivity contribution >= 4 is 126 Å². The number of alkyl halides is 1. The average Bonchev–Trinajstić information content (AvgIpc) is 1.26. The number of nitrogens with one attached hydrogen (secondary N) is 3. The van der Waals surface area contributed by atoms with E-state index < -0.39 is 17.3 Å². The summed E-state index contributed by atoms with van der Waals surface area (Å²) in [5.74, 6) is 2.84. The molecule has 3 aliphatic rings. The number of para-hydroxylation sites is 3. The fourth-order valence-corrected chi connectivity index (χ4v) is 15.9. The molecule has 102 heavy (non-hydrogen) atoms. The number of benzene rings is 3. The maximum absolute atomic E-state index is 14.0. The second-order valence-electron chi connectivity index (χ2n) is 27.8. The fraction of sp³-hybridized carbons (Fsp3) is 0.382. The van der Waals surface area contributed by atoms with E-state index in [0.717, 1.165) is 115 Å². The van der Waals surface area contributed by atoms with Crippen molar-refractivity contribution in [1.29, 1.82) is 0 Å². The third-order valence-electron chi connectivity index (χ3n) is 18.0. The molecule has 2 amide bonds. The summed E-state index contributed by atoms with van der Waals surface area (Å²) >= 11 is 7.74. The van der Waals surface area contributed by atoms with Gasteiger partial charge >= 0.3 is 12.2 Å². The second kappa shape index (κ2) is 30.4. The monoisotopic (exact) mass is 1500 g/mol. The Labute approximate surface area is 607 Å². The van der Waals surface area contributed by atoms with Gasteiger partial charge in [0, 0.05) is 70.4 Å². The Kier molecular flexibility index (Phi) is 21.6. The normalized spacial score (nSPS) is 14.1. The Balaban J connectivity index is 0.000000136. The third-order valence-corrected chi connectivity index (χ3v) is 21.5. The number of rotatable bonds is 13. The number of halogens is 1. The average molecular weight is 1500 g/mol. The maximum atomic E-state index is 14.0. The zero-order valence-corrected chi connectivity index (χ0v) is 62.6. The highest BCUT2D eigenvalue weighted by molar-refractivity contribution is 9.09. The molecule has 3 fully saturated rings. The highest BCUT2D eigenvalue weighted by Crippen LogP contribution is 2.39. The quantitative estimate of drug-likeness (QED) is 0.0781. The summed E-state index contributed by atoms with van der Waals surface area (Å²) in [5.41, 5.74) is 6.63. The first kappa shape index (κ1) is 72.6. The minimum atomic E-state index is -0.603. The third kappa shape index (κ3) is 15.2. The van der Waals surface area contributed by atoms with Crippen LogP contribution in [0.25, 0.3) is 80.8 Å². The molecule has 0 atom stereocenters. The Hall–Kier alpha value is -9.21. The van der Waals surface area contributed by atoms with Gasteiger partial charge < -0.3 is 40.0 Å². The summed E-state index contributed by atoms with van der Waals surface area (Å²) in [6, 6.07) is 33.9. The number of carbonyl (C=O) groups is 2. The Morgan fingerprint density at radius 2 is 0.882 bits per heavy atom. The van der Waals surface area contributed by atoms with Crippen molar-refractivity contribution in [2.75, 3.05) is 25.0 Å². The lowest BCUT2D eigenvalue weighted by atomic mass is 9.84. The van der Waals surface area contributed by atoms with Crippen LogP contribution in [-0.2, 0) is 22.6 Å². The van der Waals surface area contributed by atoms with E-state index in [1.807, 2.05) is 181 Å². The summed E-state index contributed by atoms with van der Waals surface area (Å²) in [6.07, 6.45) is 8.45. The van der Waals surface area contributed by atoms with E-state index in [2.05, 4.69) is 31.5 Å². The second-order valence-corrected chi connectivity index (χ2v) is 32.4. The maximum Gasteiger partial charge on any atom is 0.407 e. The molecule has 0 spiro atoms. The molecule has 0 unspecified atom stereocenters. The molecular weight excluding hydrogens is 1420 g/mol. The fourth-order valence-electron chi connectivity index (χ4n) is 12.8. The zero-order chi connectivity index (χ0) is 72.5. The molecule has 15 rings (SSSR count). The number of ether oxygens (including phenoxy) is 2. The summed E-state index contributed by atoms with van der Waals surface area (Å²) in [7, 11) is 0. The molecule has 9 heterocycles. The van der Waals surface area contributed by atoms with Gasteiger partial charge in [0.1, 0.15) is 65.0 Å². The van der Waals surface area contributed by atoms with E-state index in [0.29, 0.717) is 70.8 Å². The first-order valence-corrected chi connectivity index (χ1v) is 38.0. The zero-order valence-electron chi connectivity index (χ0n) is 58.6. The van der Waals surface area contributed by atoms with Gasteiger partial charge in [-0.1, -0.05) is 89.8 Å². The molecule has 26 heteroatoms. The largest absolute Gasteiger partial charge is 0.444 e. The number of thiophene rings is 3. The van der Waals surface area contributed by atoms with Crippen molar-refractivity contribution in [1.82, 2.24) is 53.4 Å². The number of amides is 2. The lowest BCUT2D eigenvalue weighted by Crippen LogP contribution is -2.35. The number of hydrogen-bond acceptors (Lipinski definition) is 17. The first-order chi connectivity index (χ1) is 48.8. The highest BCUT2D eigenvalue weighted by atomic mass is 79.9. The molecule has 3 saturated carbocycles. The van der Waals surface area contributed by atoms with Crippen LogP contribution in [-0.4, -0.2) is 91.1 Å². The molecule has 0 radical (unpaired) electrons. The molecule has 3 aromatic carbocycles. The summed E-state index contributed by atoms with van der Waals surface area (Å²) in [4.78, 5) is 127. The molecular formula is C76H83BrN12O10S3. The number of H-pyrrole nitrogens is 1. The summed E-state index contributed by atoms with van der Waals surface area (Å²) in [5, 5.41) is 8.10. The van der Waals surface area contributed by atoms with Gasteiger partial charge in [0.15, 0.2) is 11.3 Å². The van der Waals surface area contributed by atoms with Crippen LogP contribution in [0.3, 0.4) is 0 Å². The number of alkyl carbamates (subject to hydrolysis) is 2. The summed E-state index contributed by atoms with van der Waals surface area (Å²) in [6.45, 7) is 18.9. The van der Waals surface area contributed by atoms with Crippen LogP contribution in [0.1, 0.15) is 149 Å². The van der Waals surface area contributed by atoms with Crippen LogP contribution < -0.4 is 49.3 Å². The molecule has 0 aliphatic heterocycles. The topological polar surface area (TPSA) is 284 Å². The van der Waals surface area contributed by atoms with Gasteiger partial charge in [0.2, 0.25) is 16.3 Å². The number of hydrogen-bond donors (Lipinski definition) is 4. The highest BCUT2D eigenvalue weighted by Gasteiger charge is 2.32. The van der Waals surface area contributed by atoms with Crippen molar-refractivity contribution in [2.24, 2.45) is 5.73 Å². The summed E-state index contributed by atoms with van der Waals surface area (Å²) < 4.78 is 19.1. The van der Waals surface area contributed by atoms with E-state index in [1.165, 1.54) is 22.7 Å². The van der Waals surface area contributed by atoms with Crippen molar-refractivity contribution in [3.05, 3.63) is 203 Å². The number of aromatic amines is 1. The molecule has 9 aromatic heterocycles. The number of pyridine rings is 3. The predicted octanol–water partition coefficient (Wildman–Crippen LogP) is 13.9. The molecule has 5 N–H and O–H groups in total. The van der Waals surface area contributed by atoms with Crippen molar-refractivity contribution in [2.45, 2.75) is 162 Å². The smallest absolute Gasteiger partial charge is 0.407 e. The molecule has 22 nitrogen and oxygen atoms in total. The number of aryl methyl sites for hydroxylation is 3. The standard InChI is InChI=1S/C27H30N4O4S.C22H22N4O2S.C20H17N3O2S.C7H14BrNO2/c1-16-15-19-21(32)20-23(30(25(19)36-16)14-13-28-26(34)35-27(2,3)4)29-22(17-9-8-10-17)31(24(20)33)18-11-6-5-7-12-18;1-13-12-16-18(27)17-20(25(11-10-23)22(16)29-13)24-19(14-6-5-7-14)26(21(17)28)15-8-3-2-4-9-15;1-11-10-14-16(24)15-17(22-19(14)26-11)21-18(12-6-5-7-12)23(20(15)25)13-8-3-2-4-9-13;1-7(2,3)11-6(10)9-5-4-8/h5-7,11-12,15,17H,8-10,13-14H2,1-4H3,(H,28,34);2-4,8-9,12,14H,5-7,10-11,23H2,1H3;2-4,8-10,12H,5-7H2,1H3,(H,22,24);4-5H2,1-3H3,(H,9,10). The molecule has 3 aliphatic carbocycles. The lowest BCUT2D eigenvalue weighted by Gasteiger charge is -2.28. The van der Waals surface area contributed by atoms with Crippen LogP contribution in [0.5, 0.6) is 0 Å². The van der Waals surface area contributed by atoms with Crippen LogP contribution in [0, 0.1) is 20.8 Å². The van der Waals surface area contributed by atoms with Gasteiger partial charge in [-0.2, -0.15) is 0 Å². The van der Waals surface area contributed by atoms with Gasteiger partial charge in [-0.05, 0) is 155 Å². The number of fused-ring (bicyclic) bond motifs is 6. The van der Waals surface area contributed by atoms with Crippen LogP contribution in [0.15, 0.2) is 138 Å². The van der Waals surface area contributed by atoms with Crippen molar-refractivity contribution in [3.8, 4) is 17.1 Å². The van der Waals surface area contributed by atoms with E-state index in [1.54, 1.807) is 25.0 Å². The first-order valence-electron chi connectivity index (χ1n) is 34.5. The number of nitrogens with two attached hydrogens (primary N) is 1. The molecule has 12 aromatic rings. The minimum absolute atomic E-state index is 0.0736. The number of nitrogens with zero attached hydrogens (tertiary/aromatic N) is 8. The number of carbonyl (C=O) groups excluding carboxylic acids is 2. The van der Waals surface area contributed by atoms with Crippen LogP contribution in [0.4, 0.5) is 9.59 Å². The Morgan fingerprint density at radius 1 is 0.520 bits per heavy atom. The molecule has 532 valence electrons. The van der Waals surface area contributed by atoms with Crippen molar-refractivity contribution in [3.63, 3.8) is 0 Å². The number of aromatic nitrogens is 9. The molecule has 0 bridgehead atoms. The van der Waals surface area contributed by atoms with Gasteiger partial charge in [-0.15, -0.1) is 34.0 Å². The SMILES string of the molecule is CC(C)(C)OC(=O)NCCBr.Cc1cc2c(=O)c3c(=O)n(-c4ccccc4)c(C4CCC4)nc3[nH]c2s1.Cc1cc2c(=O)c3c(=O)n(-c4ccccc4)c(C4CCC4)nc3n(CCN)c2s1.Cc1cc2c(=O)c3c(=O)n(-c4ccccc4)c(C4CCC4)nc3n(CCNC(=O)OC(C)(C)C)c2s1. The Bertz CT molecular complexity index is 5540. The van der Waals surface area contributed by atoms with Gasteiger partial charge in [0.25, 0.3) is 16.7 Å². The van der Waals surface area contributed by atoms with Crippen LogP contribution in [0.2, 0.25) is 0 Å². The van der Waals surface area contributed by atoms with Gasteiger partial charge in [-0.25, -0.2) is 24.5 Å². The van der Waals surface area contributed by atoms with Gasteiger partial charge in [0.05, 0.1) is 33.2 Å². The van der Waals surface area contributed by atoms with E-state index in [-0.39, 0.29) is 79.5 Å². The van der Waals surface area contributed by atoms with E-state index in [9.17, 15) is 38.4 Å². The Morgan fingerprint density at radius 3 is 1.26 bits per heavy atom. The molecule has 0 saturated heterocycles. The van der Waals surface area contributed by atoms with E-state index >= 15 is 0 Å². The minimum Gasteiger partial charge on any atom is -0.444 e. The van der Waals surface area contributed by atoms with E-state index in [4.69, 9.17) is 30.2 Å². The predicted molar refractivity (Wildman–Crippen MR) is 413 cm³/mol.